The molecule has 1 aromatic heterocycles. The van der Waals surface area contributed by atoms with Crippen LogP contribution < -0.4 is 24.0 Å². The maximum Gasteiger partial charge on any atom is 0.176 e. The Balaban J connectivity index is 0.00000120. The highest BCUT2D eigenvalue weighted by atomic mass is 127. The van der Waals surface area contributed by atoms with Crippen molar-refractivity contribution in [2.24, 2.45) is 0 Å². The first-order valence-corrected chi connectivity index (χ1v) is 6.46. The lowest BCUT2D eigenvalue weighted by molar-refractivity contribution is -0.936. The summed E-state index contributed by atoms with van der Waals surface area (Å²) in [6.45, 7) is 7.00. The molecule has 0 N–H and O–H groups in total. The highest BCUT2D eigenvalue weighted by Crippen LogP contribution is 2.21. The van der Waals surface area contributed by atoms with Gasteiger partial charge in [0.2, 0.25) is 0 Å². The SMILES string of the molecule is CC[N+]1(Cn2nnc3ccccc32)CCCC1.[I-]. The number of halogens is 1. The minimum Gasteiger partial charge on any atom is -1.00 e. The highest BCUT2D eigenvalue weighted by Gasteiger charge is 2.31. The average Bonchev–Trinajstić information content (AvgIpc) is 2.99. The number of para-hydroxylation sites is 1. The molecule has 3 rings (SSSR count). The monoisotopic (exact) mass is 358 g/mol. The van der Waals surface area contributed by atoms with E-state index in [-0.39, 0.29) is 24.0 Å². The molecule has 0 aliphatic carbocycles. The predicted molar refractivity (Wildman–Crippen MR) is 67.3 cm³/mol. The molecule has 1 aliphatic heterocycles. The van der Waals surface area contributed by atoms with Gasteiger partial charge >= 0.3 is 0 Å². The molecule has 1 aliphatic rings. The third kappa shape index (κ3) is 2.38. The van der Waals surface area contributed by atoms with E-state index in [2.05, 4.69) is 34.1 Å². The number of hydrogen-bond acceptors (Lipinski definition) is 2. The number of fused-ring (bicyclic) bond motifs is 1. The number of nitrogens with zero attached hydrogens (tertiary/aromatic N) is 4. The Kier molecular flexibility index (Phi) is 4.21. The Labute approximate surface area is 125 Å². The molecule has 18 heavy (non-hydrogen) atoms. The Bertz CT molecular complexity index is 516. The van der Waals surface area contributed by atoms with Crippen molar-refractivity contribution in [3.63, 3.8) is 0 Å². The molecule has 5 heteroatoms. The van der Waals surface area contributed by atoms with Gasteiger partial charge in [0.05, 0.1) is 25.2 Å². The van der Waals surface area contributed by atoms with Crippen LogP contribution in [0.5, 0.6) is 0 Å². The molecule has 1 saturated heterocycles. The molecule has 0 atom stereocenters. The van der Waals surface area contributed by atoms with Crippen molar-refractivity contribution in [2.75, 3.05) is 19.6 Å². The lowest BCUT2D eigenvalue weighted by Crippen LogP contribution is -3.00. The van der Waals surface area contributed by atoms with E-state index in [1.807, 2.05) is 12.1 Å². The minimum absolute atomic E-state index is 0. The molecule has 2 heterocycles. The minimum atomic E-state index is 0. The zero-order valence-electron chi connectivity index (χ0n) is 10.7. The number of aromatic nitrogens is 3. The van der Waals surface area contributed by atoms with Gasteiger partial charge in [0.25, 0.3) is 0 Å². The molecular formula is C13H19IN4. The summed E-state index contributed by atoms with van der Waals surface area (Å²) < 4.78 is 3.23. The Morgan fingerprint density at radius 1 is 1.22 bits per heavy atom. The standard InChI is InChI=1S/C13H19N4.HI/c1-2-17(9-5-6-10-17)11-16-13-8-4-3-7-12(13)14-15-16;/h3-4,7-8H,2,5-6,9-11H2,1H3;1H/q+1;/p-1. The molecule has 0 bridgehead atoms. The number of likely N-dealkylation sites (tertiary alicyclic amines) is 1. The van der Waals surface area contributed by atoms with Crippen LogP contribution in [-0.2, 0) is 6.67 Å². The van der Waals surface area contributed by atoms with Gasteiger partial charge in [-0.05, 0) is 19.1 Å². The molecule has 98 valence electrons. The summed E-state index contributed by atoms with van der Waals surface area (Å²) >= 11 is 0. The van der Waals surface area contributed by atoms with Crippen LogP contribution in [-0.4, -0.2) is 39.1 Å². The van der Waals surface area contributed by atoms with E-state index < -0.39 is 0 Å². The summed E-state index contributed by atoms with van der Waals surface area (Å²) in [4.78, 5) is 0. The van der Waals surface area contributed by atoms with E-state index in [1.54, 1.807) is 0 Å². The predicted octanol–water partition coefficient (Wildman–Crippen LogP) is -0.977. The second-order valence-electron chi connectivity index (χ2n) is 5.03. The molecule has 1 fully saturated rings. The van der Waals surface area contributed by atoms with Gasteiger partial charge < -0.3 is 28.5 Å². The number of hydrogen-bond donors (Lipinski definition) is 0. The first-order chi connectivity index (χ1) is 8.33. The van der Waals surface area contributed by atoms with Gasteiger partial charge in [-0.3, -0.25) is 0 Å². The first-order valence-electron chi connectivity index (χ1n) is 6.46. The van der Waals surface area contributed by atoms with Crippen LogP contribution in [0.25, 0.3) is 11.0 Å². The van der Waals surface area contributed by atoms with Gasteiger partial charge in [0, 0.05) is 12.8 Å². The first kappa shape index (κ1) is 13.7. The van der Waals surface area contributed by atoms with E-state index in [0.717, 1.165) is 22.2 Å². The fraction of sp³-hybridized carbons (Fsp3) is 0.538. The van der Waals surface area contributed by atoms with Crippen LogP contribution in [0.4, 0.5) is 0 Å². The summed E-state index contributed by atoms with van der Waals surface area (Å²) in [5.74, 6) is 0. The van der Waals surface area contributed by atoms with E-state index in [9.17, 15) is 0 Å². The average molecular weight is 358 g/mol. The number of benzene rings is 1. The zero-order chi connectivity index (χ0) is 11.7. The summed E-state index contributed by atoms with van der Waals surface area (Å²) in [7, 11) is 0. The van der Waals surface area contributed by atoms with E-state index in [1.165, 1.54) is 32.5 Å². The van der Waals surface area contributed by atoms with Gasteiger partial charge in [0.1, 0.15) is 5.52 Å². The normalized spacial score (nSPS) is 17.8. The fourth-order valence-corrected chi connectivity index (χ4v) is 2.87. The van der Waals surface area contributed by atoms with Crippen LogP contribution in [0.3, 0.4) is 0 Å². The second kappa shape index (κ2) is 5.52. The second-order valence-corrected chi connectivity index (χ2v) is 5.03. The van der Waals surface area contributed by atoms with E-state index >= 15 is 0 Å². The van der Waals surface area contributed by atoms with Crippen molar-refractivity contribution in [1.29, 1.82) is 0 Å². The van der Waals surface area contributed by atoms with Crippen molar-refractivity contribution in [3.8, 4) is 0 Å². The van der Waals surface area contributed by atoms with Crippen molar-refractivity contribution in [1.82, 2.24) is 15.0 Å². The van der Waals surface area contributed by atoms with E-state index in [4.69, 9.17) is 0 Å². The Morgan fingerprint density at radius 3 is 2.67 bits per heavy atom. The lowest BCUT2D eigenvalue weighted by atomic mass is 10.3. The Hall–Kier alpha value is -0.690. The van der Waals surface area contributed by atoms with Gasteiger partial charge in [-0.2, -0.15) is 4.68 Å². The fourth-order valence-electron chi connectivity index (χ4n) is 2.87. The van der Waals surface area contributed by atoms with Crippen molar-refractivity contribution in [2.45, 2.75) is 26.4 Å². The summed E-state index contributed by atoms with van der Waals surface area (Å²) in [6, 6.07) is 8.21. The maximum absolute atomic E-state index is 4.30. The zero-order valence-corrected chi connectivity index (χ0v) is 12.9. The van der Waals surface area contributed by atoms with Gasteiger partial charge in [0.15, 0.2) is 6.67 Å². The topological polar surface area (TPSA) is 30.7 Å². The van der Waals surface area contributed by atoms with Crippen molar-refractivity contribution < 1.29 is 28.5 Å². The van der Waals surface area contributed by atoms with Crippen molar-refractivity contribution in [3.05, 3.63) is 24.3 Å². The summed E-state index contributed by atoms with van der Waals surface area (Å²) in [5.41, 5.74) is 2.16. The molecule has 4 nitrogen and oxygen atoms in total. The maximum atomic E-state index is 4.30. The van der Waals surface area contributed by atoms with Crippen LogP contribution in [0.2, 0.25) is 0 Å². The van der Waals surface area contributed by atoms with Gasteiger partial charge in [-0.25, -0.2) is 0 Å². The van der Waals surface area contributed by atoms with Crippen LogP contribution in [0.15, 0.2) is 24.3 Å². The third-order valence-electron chi connectivity index (χ3n) is 4.04. The molecule has 0 unspecified atom stereocenters. The van der Waals surface area contributed by atoms with Crippen LogP contribution >= 0.6 is 0 Å². The van der Waals surface area contributed by atoms with Gasteiger partial charge in [-0.1, -0.05) is 17.3 Å². The Morgan fingerprint density at radius 2 is 1.94 bits per heavy atom. The molecule has 0 saturated carbocycles. The molecule has 0 amide bonds. The van der Waals surface area contributed by atoms with Crippen LogP contribution in [0.1, 0.15) is 19.8 Å². The summed E-state index contributed by atoms with van der Waals surface area (Å²) in [5, 5.41) is 8.53. The number of quaternary nitrogens is 1. The smallest absolute Gasteiger partial charge is 0.176 e. The van der Waals surface area contributed by atoms with E-state index in [0.29, 0.717) is 0 Å². The van der Waals surface area contributed by atoms with Crippen LogP contribution in [0, 0.1) is 0 Å². The summed E-state index contributed by atoms with van der Waals surface area (Å²) in [6.07, 6.45) is 2.70. The largest absolute Gasteiger partial charge is 1.00 e. The number of rotatable bonds is 3. The third-order valence-corrected chi connectivity index (χ3v) is 4.04. The van der Waals surface area contributed by atoms with Gasteiger partial charge in [-0.15, -0.1) is 5.10 Å². The molecule has 0 radical (unpaired) electrons. The molecule has 2 aromatic rings. The lowest BCUT2D eigenvalue weighted by Gasteiger charge is -2.32. The molecule has 1 aromatic carbocycles. The quantitative estimate of drug-likeness (QED) is 0.522. The molecular weight excluding hydrogens is 339 g/mol. The molecule has 0 spiro atoms. The highest BCUT2D eigenvalue weighted by molar-refractivity contribution is 5.73. The van der Waals surface area contributed by atoms with Crippen molar-refractivity contribution >= 4 is 11.0 Å².